The lowest BCUT2D eigenvalue weighted by molar-refractivity contribution is 0.364. The fourth-order valence-electron chi connectivity index (χ4n) is 1.78. The van der Waals surface area contributed by atoms with E-state index in [1.165, 1.54) is 18.6 Å². The van der Waals surface area contributed by atoms with Crippen LogP contribution in [0.5, 0.6) is 0 Å². The smallest absolute Gasteiger partial charge is 0.310 e. The Morgan fingerprint density at radius 2 is 1.81 bits per heavy atom. The van der Waals surface area contributed by atoms with Gasteiger partial charge in [-0.25, -0.2) is 15.0 Å². The third kappa shape index (κ3) is 2.66. The van der Waals surface area contributed by atoms with E-state index < -0.39 is 15.1 Å². The van der Waals surface area contributed by atoms with Crippen LogP contribution >= 0.6 is 10.2 Å². The van der Waals surface area contributed by atoms with Crippen molar-refractivity contribution in [3.05, 3.63) is 36.8 Å². The summed E-state index contributed by atoms with van der Waals surface area (Å²) in [5.41, 5.74) is 0.515. The monoisotopic (exact) mass is 322 g/mol. The first-order valence-electron chi connectivity index (χ1n) is 5.53. The molecule has 10 heteroatoms. The Balaban J connectivity index is 2.17. The number of H-pyrrole nitrogens is 1. The molecule has 0 radical (unpaired) electrons. The topological polar surface area (TPSA) is 54.5 Å². The fourth-order valence-corrected chi connectivity index (χ4v) is 2.47. The zero-order valence-electron chi connectivity index (χ0n) is 10.1. The number of hydrogen-bond acceptors (Lipinski definition) is 3. The summed E-state index contributed by atoms with van der Waals surface area (Å²) >= 11 is 0. The van der Waals surface area contributed by atoms with Crippen molar-refractivity contribution in [3.8, 4) is 11.4 Å². The van der Waals surface area contributed by atoms with Crippen molar-refractivity contribution in [2.45, 2.75) is 4.90 Å². The first kappa shape index (κ1) is 13.7. The summed E-state index contributed by atoms with van der Waals surface area (Å²) in [5.74, 6) is 0.00852. The molecule has 1 N–H and O–H groups in total. The average molecular weight is 322 g/mol. The minimum atomic E-state index is -9.72. The van der Waals surface area contributed by atoms with Crippen molar-refractivity contribution in [3.63, 3.8) is 0 Å². The molecular formula is C11H7F5N4S. The van der Waals surface area contributed by atoms with Gasteiger partial charge in [0.2, 0.25) is 0 Å². The van der Waals surface area contributed by atoms with E-state index in [1.54, 1.807) is 0 Å². The Kier molecular flexibility index (Phi) is 2.29. The largest absolute Gasteiger partial charge is 0.335 e. The van der Waals surface area contributed by atoms with Crippen LogP contribution in [-0.4, -0.2) is 19.9 Å². The average Bonchev–Trinajstić information content (AvgIpc) is 2.80. The van der Waals surface area contributed by atoms with E-state index >= 15 is 0 Å². The highest BCUT2D eigenvalue weighted by atomic mass is 32.5. The van der Waals surface area contributed by atoms with Gasteiger partial charge in [-0.1, -0.05) is 31.6 Å². The van der Waals surface area contributed by atoms with Crippen LogP contribution in [0.4, 0.5) is 19.4 Å². The van der Waals surface area contributed by atoms with Crippen molar-refractivity contribution in [1.82, 2.24) is 19.9 Å². The molecule has 21 heavy (non-hydrogen) atoms. The molecule has 0 saturated heterocycles. The van der Waals surface area contributed by atoms with Crippen LogP contribution in [0.3, 0.4) is 0 Å². The molecule has 0 unspecified atom stereocenters. The van der Waals surface area contributed by atoms with Gasteiger partial charge >= 0.3 is 10.2 Å². The van der Waals surface area contributed by atoms with Gasteiger partial charge in [-0.2, -0.15) is 0 Å². The molecule has 2 heterocycles. The number of benzene rings is 1. The van der Waals surface area contributed by atoms with Crippen molar-refractivity contribution in [2.75, 3.05) is 0 Å². The molecule has 0 bridgehead atoms. The van der Waals surface area contributed by atoms with Crippen LogP contribution in [-0.2, 0) is 0 Å². The number of rotatable bonds is 2. The molecule has 2 aromatic heterocycles. The molecule has 3 aromatic rings. The Bertz CT molecular complexity index is 810. The summed E-state index contributed by atoms with van der Waals surface area (Å²) < 4.78 is 64.0. The third-order valence-electron chi connectivity index (χ3n) is 2.71. The van der Waals surface area contributed by atoms with Gasteiger partial charge < -0.3 is 4.98 Å². The molecule has 0 fully saturated rings. The summed E-state index contributed by atoms with van der Waals surface area (Å²) in [6, 6.07) is 2.86. The zero-order valence-corrected chi connectivity index (χ0v) is 10.9. The van der Waals surface area contributed by atoms with Gasteiger partial charge in [-0.05, 0) is 12.1 Å². The Labute approximate surface area is 114 Å². The number of halogens is 5. The lowest BCUT2D eigenvalue weighted by Crippen LogP contribution is -2.05. The van der Waals surface area contributed by atoms with E-state index in [-0.39, 0.29) is 17.0 Å². The van der Waals surface area contributed by atoms with Gasteiger partial charge in [0, 0.05) is 5.56 Å². The minimum absolute atomic E-state index is 0.00852. The second-order valence-corrected chi connectivity index (χ2v) is 6.75. The lowest BCUT2D eigenvalue weighted by Gasteiger charge is -2.40. The van der Waals surface area contributed by atoms with Crippen molar-refractivity contribution in [2.24, 2.45) is 0 Å². The maximum absolute atomic E-state index is 12.8. The van der Waals surface area contributed by atoms with E-state index in [4.69, 9.17) is 0 Å². The molecule has 1 aromatic carbocycles. The number of fused-ring (bicyclic) bond motifs is 1. The van der Waals surface area contributed by atoms with E-state index in [2.05, 4.69) is 19.9 Å². The zero-order chi connectivity index (χ0) is 15.4. The Morgan fingerprint density at radius 1 is 1.05 bits per heavy atom. The van der Waals surface area contributed by atoms with Gasteiger partial charge in [0.25, 0.3) is 0 Å². The fraction of sp³-hybridized carbons (Fsp3) is 0. The van der Waals surface area contributed by atoms with Crippen LogP contribution in [0, 0.1) is 0 Å². The normalized spacial score (nSPS) is 15.7. The highest BCUT2D eigenvalue weighted by molar-refractivity contribution is 8.45. The second-order valence-electron chi connectivity index (χ2n) is 4.34. The molecule has 3 rings (SSSR count). The van der Waals surface area contributed by atoms with Gasteiger partial charge in [0.05, 0.1) is 6.20 Å². The van der Waals surface area contributed by atoms with Gasteiger partial charge in [-0.15, -0.1) is 0 Å². The number of nitrogens with zero attached hydrogens (tertiary/aromatic N) is 3. The van der Waals surface area contributed by atoms with Crippen molar-refractivity contribution < 1.29 is 19.4 Å². The van der Waals surface area contributed by atoms with Crippen LogP contribution in [0.1, 0.15) is 0 Å². The number of aromatic nitrogens is 4. The minimum Gasteiger partial charge on any atom is -0.335 e. The molecular weight excluding hydrogens is 315 g/mol. The molecule has 0 aliphatic heterocycles. The summed E-state index contributed by atoms with van der Waals surface area (Å²) in [5, 5.41) is 0. The van der Waals surface area contributed by atoms with E-state index in [0.717, 1.165) is 6.07 Å². The van der Waals surface area contributed by atoms with Crippen LogP contribution in [0.2, 0.25) is 0 Å². The van der Waals surface area contributed by atoms with Crippen molar-refractivity contribution in [1.29, 1.82) is 0 Å². The molecule has 0 aliphatic carbocycles. The Hall–Kier alpha value is -2.23. The number of aromatic amines is 1. The van der Waals surface area contributed by atoms with Crippen LogP contribution in [0.15, 0.2) is 41.7 Å². The highest BCUT2D eigenvalue weighted by Gasteiger charge is 2.65. The molecule has 0 atom stereocenters. The van der Waals surface area contributed by atoms with Crippen LogP contribution in [0.25, 0.3) is 22.6 Å². The maximum Gasteiger partial charge on any atom is 0.310 e. The first-order chi connectivity index (χ1) is 9.53. The number of imidazole rings is 1. The summed E-state index contributed by atoms with van der Waals surface area (Å²) in [6.07, 6.45) is 2.60. The molecule has 0 saturated carbocycles. The maximum atomic E-state index is 12.8. The quantitative estimate of drug-likeness (QED) is 0.697. The molecule has 0 amide bonds. The standard InChI is InChI=1S/C11H7F5N4S/c12-21(13,14,15,16)8-3-1-2-7(4-8)10-19-9-5-17-6-18-11(9)20-10/h1-6H,(H,17,18,19,20). The summed E-state index contributed by atoms with van der Waals surface area (Å²) in [6.45, 7) is 0. The molecule has 4 nitrogen and oxygen atoms in total. The molecule has 112 valence electrons. The first-order valence-corrected chi connectivity index (χ1v) is 7.48. The Morgan fingerprint density at radius 3 is 2.48 bits per heavy atom. The van der Waals surface area contributed by atoms with E-state index in [9.17, 15) is 19.4 Å². The predicted molar refractivity (Wildman–Crippen MR) is 68.5 cm³/mol. The highest BCUT2D eigenvalue weighted by Crippen LogP contribution is 3.02. The molecule has 0 aliphatic rings. The van der Waals surface area contributed by atoms with Crippen molar-refractivity contribution >= 4 is 21.4 Å². The summed E-state index contributed by atoms with van der Waals surface area (Å²) in [7, 11) is -9.72. The third-order valence-corrected chi connectivity index (χ3v) is 3.86. The second kappa shape index (κ2) is 3.50. The van der Waals surface area contributed by atoms with Gasteiger partial charge in [0.1, 0.15) is 22.6 Å². The van der Waals surface area contributed by atoms with Gasteiger partial charge in [0.15, 0.2) is 5.65 Å². The SMILES string of the molecule is FS(F)(F)(F)(F)c1cccc(-c2nc3ncncc3[nH]2)c1. The molecule has 0 spiro atoms. The lowest BCUT2D eigenvalue weighted by atomic mass is 10.2. The number of hydrogen-bond donors (Lipinski definition) is 1. The predicted octanol–water partition coefficient (Wildman–Crippen LogP) is 4.68. The van der Waals surface area contributed by atoms with E-state index in [0.29, 0.717) is 17.6 Å². The van der Waals surface area contributed by atoms with E-state index in [1.807, 2.05) is 0 Å². The number of nitrogens with one attached hydrogen (secondary N) is 1. The van der Waals surface area contributed by atoms with Gasteiger partial charge in [-0.3, -0.25) is 0 Å². The van der Waals surface area contributed by atoms with Crippen LogP contribution < -0.4 is 0 Å². The summed E-state index contributed by atoms with van der Waals surface area (Å²) in [4.78, 5) is 12.2.